The second-order valence-corrected chi connectivity index (χ2v) is 4.69. The second kappa shape index (κ2) is 6.38. The number of hydrogen-bond donors (Lipinski definition) is 1. The highest BCUT2D eigenvalue weighted by Gasteiger charge is 2.06. The molecule has 0 fully saturated rings. The molecular formula is C15H20N2O2. The van der Waals surface area contributed by atoms with Crippen molar-refractivity contribution >= 4 is 16.6 Å². The van der Waals surface area contributed by atoms with Crippen LogP contribution in [0.2, 0.25) is 0 Å². The third kappa shape index (κ3) is 3.35. The number of methoxy groups -OCH3 is 2. The molecule has 2 aromatic rings. The van der Waals surface area contributed by atoms with E-state index >= 15 is 0 Å². The molecule has 1 aromatic heterocycles. The highest BCUT2D eigenvalue weighted by molar-refractivity contribution is 5.92. The first-order valence-corrected chi connectivity index (χ1v) is 6.40. The fraction of sp³-hybridized carbons (Fsp3) is 0.400. The molecule has 0 aliphatic heterocycles. The summed E-state index contributed by atoms with van der Waals surface area (Å²) in [5.41, 5.74) is 0. The summed E-state index contributed by atoms with van der Waals surface area (Å²) >= 11 is 0. The van der Waals surface area contributed by atoms with Gasteiger partial charge in [-0.15, -0.1) is 0 Å². The molecule has 0 saturated carbocycles. The third-order valence-electron chi connectivity index (χ3n) is 3.04. The Morgan fingerprint density at radius 2 is 2.11 bits per heavy atom. The number of nitrogens with one attached hydrogen (secondary N) is 1. The van der Waals surface area contributed by atoms with Gasteiger partial charge in [-0.2, -0.15) is 0 Å². The van der Waals surface area contributed by atoms with Crippen LogP contribution in [0.4, 0.5) is 5.82 Å². The van der Waals surface area contributed by atoms with Crippen LogP contribution in [-0.2, 0) is 4.74 Å². The lowest BCUT2D eigenvalue weighted by Gasteiger charge is -2.13. The van der Waals surface area contributed by atoms with E-state index < -0.39 is 0 Å². The number of rotatable bonds is 6. The molecule has 1 aromatic carbocycles. The Hall–Kier alpha value is -1.81. The third-order valence-corrected chi connectivity index (χ3v) is 3.04. The van der Waals surface area contributed by atoms with Gasteiger partial charge in [0.1, 0.15) is 11.6 Å². The van der Waals surface area contributed by atoms with Crippen molar-refractivity contribution in [1.29, 1.82) is 0 Å². The molecule has 0 bridgehead atoms. The predicted molar refractivity (Wildman–Crippen MR) is 77.8 cm³/mol. The summed E-state index contributed by atoms with van der Waals surface area (Å²) < 4.78 is 10.4. The maximum atomic E-state index is 5.23. The van der Waals surface area contributed by atoms with E-state index in [1.807, 2.05) is 30.5 Å². The number of nitrogens with zero attached hydrogens (tertiary/aromatic N) is 1. The molecule has 0 amide bonds. The lowest BCUT2D eigenvalue weighted by atomic mass is 10.1. The molecule has 2 rings (SSSR count). The van der Waals surface area contributed by atoms with E-state index in [1.165, 1.54) is 0 Å². The van der Waals surface area contributed by atoms with E-state index in [4.69, 9.17) is 9.47 Å². The van der Waals surface area contributed by atoms with Crippen molar-refractivity contribution in [3.05, 3.63) is 30.5 Å². The summed E-state index contributed by atoms with van der Waals surface area (Å²) in [7, 11) is 3.40. The monoisotopic (exact) mass is 260 g/mol. The molecule has 1 heterocycles. The van der Waals surface area contributed by atoms with Crippen LogP contribution < -0.4 is 10.1 Å². The number of aromatic nitrogens is 1. The van der Waals surface area contributed by atoms with Crippen LogP contribution in [0.25, 0.3) is 10.8 Å². The fourth-order valence-electron chi connectivity index (χ4n) is 2.04. The molecule has 4 heteroatoms. The minimum absolute atomic E-state index is 0.445. The van der Waals surface area contributed by atoms with Crippen molar-refractivity contribution in [3.8, 4) is 5.75 Å². The van der Waals surface area contributed by atoms with Crippen molar-refractivity contribution in [2.45, 2.75) is 6.92 Å². The van der Waals surface area contributed by atoms with E-state index in [1.54, 1.807) is 14.2 Å². The molecule has 1 unspecified atom stereocenters. The second-order valence-electron chi connectivity index (χ2n) is 4.69. The smallest absolute Gasteiger partial charge is 0.133 e. The van der Waals surface area contributed by atoms with E-state index in [2.05, 4.69) is 17.2 Å². The van der Waals surface area contributed by atoms with Crippen molar-refractivity contribution in [2.75, 3.05) is 32.7 Å². The lowest BCUT2D eigenvalue weighted by Crippen LogP contribution is -2.16. The van der Waals surface area contributed by atoms with Gasteiger partial charge in [0.25, 0.3) is 0 Å². The summed E-state index contributed by atoms with van der Waals surface area (Å²) in [6.07, 6.45) is 1.81. The first-order chi connectivity index (χ1) is 9.24. The molecule has 4 nitrogen and oxygen atoms in total. The van der Waals surface area contributed by atoms with Crippen LogP contribution in [0.15, 0.2) is 30.5 Å². The maximum Gasteiger partial charge on any atom is 0.133 e. The molecule has 0 aliphatic rings. The normalized spacial score (nSPS) is 12.4. The van der Waals surface area contributed by atoms with Crippen LogP contribution in [0.5, 0.6) is 5.75 Å². The fourth-order valence-corrected chi connectivity index (χ4v) is 2.04. The van der Waals surface area contributed by atoms with Crippen molar-refractivity contribution < 1.29 is 9.47 Å². The van der Waals surface area contributed by atoms with Gasteiger partial charge < -0.3 is 14.8 Å². The van der Waals surface area contributed by atoms with E-state index in [0.29, 0.717) is 5.92 Å². The predicted octanol–water partition coefficient (Wildman–Crippen LogP) is 2.94. The quantitative estimate of drug-likeness (QED) is 0.867. The first-order valence-electron chi connectivity index (χ1n) is 6.40. The van der Waals surface area contributed by atoms with Crippen molar-refractivity contribution in [1.82, 2.24) is 4.98 Å². The number of anilines is 1. The van der Waals surface area contributed by atoms with Crippen molar-refractivity contribution in [3.63, 3.8) is 0 Å². The van der Waals surface area contributed by atoms with Gasteiger partial charge in [0.05, 0.1) is 13.7 Å². The molecule has 0 aliphatic carbocycles. The zero-order valence-electron chi connectivity index (χ0n) is 11.6. The molecule has 0 radical (unpaired) electrons. The van der Waals surface area contributed by atoms with Gasteiger partial charge in [0.15, 0.2) is 0 Å². The first kappa shape index (κ1) is 13.6. The van der Waals surface area contributed by atoms with Crippen molar-refractivity contribution in [2.24, 2.45) is 5.92 Å². The number of hydrogen-bond acceptors (Lipinski definition) is 4. The lowest BCUT2D eigenvalue weighted by molar-refractivity contribution is 0.164. The summed E-state index contributed by atoms with van der Waals surface area (Å²) in [4.78, 5) is 4.40. The standard InChI is InChI=1S/C15H20N2O2/c1-11(10-18-2)9-17-15-14-5-4-13(19-3)8-12(14)6-7-16-15/h4-8,11H,9-10H2,1-3H3,(H,16,17). The van der Waals surface area contributed by atoms with Gasteiger partial charge in [-0.3, -0.25) is 0 Å². The largest absolute Gasteiger partial charge is 0.497 e. The summed E-state index contributed by atoms with van der Waals surface area (Å²) in [5, 5.41) is 5.60. The van der Waals surface area contributed by atoms with Crippen LogP contribution >= 0.6 is 0 Å². The summed E-state index contributed by atoms with van der Waals surface area (Å²) in [6.45, 7) is 3.72. The van der Waals surface area contributed by atoms with Gasteiger partial charge in [-0.1, -0.05) is 6.92 Å². The molecule has 19 heavy (non-hydrogen) atoms. The van der Waals surface area contributed by atoms with Crippen LogP contribution in [0.1, 0.15) is 6.92 Å². The SMILES string of the molecule is COCC(C)CNc1nccc2cc(OC)ccc12. The Labute approximate surface area is 113 Å². The Morgan fingerprint density at radius 3 is 2.84 bits per heavy atom. The Bertz CT molecular complexity index is 543. The number of ether oxygens (including phenoxy) is 2. The Balaban J connectivity index is 2.19. The van der Waals surface area contributed by atoms with Crippen LogP contribution in [-0.4, -0.2) is 32.4 Å². The van der Waals surface area contributed by atoms with E-state index in [9.17, 15) is 0 Å². The van der Waals surface area contributed by atoms with Gasteiger partial charge in [0, 0.05) is 25.2 Å². The number of fused-ring (bicyclic) bond motifs is 1. The molecule has 1 N–H and O–H groups in total. The van der Waals surface area contributed by atoms with Gasteiger partial charge >= 0.3 is 0 Å². The number of pyridine rings is 1. The molecule has 1 atom stereocenters. The van der Waals surface area contributed by atoms with Crippen LogP contribution in [0.3, 0.4) is 0 Å². The van der Waals surface area contributed by atoms with E-state index in [-0.39, 0.29) is 0 Å². The van der Waals surface area contributed by atoms with Gasteiger partial charge in [-0.05, 0) is 35.6 Å². The zero-order valence-corrected chi connectivity index (χ0v) is 11.6. The molecule has 102 valence electrons. The van der Waals surface area contributed by atoms with Gasteiger partial charge in [0.2, 0.25) is 0 Å². The zero-order chi connectivity index (χ0) is 13.7. The minimum atomic E-state index is 0.445. The van der Waals surface area contributed by atoms with Crippen LogP contribution in [0, 0.1) is 5.92 Å². The average Bonchev–Trinajstić information content (AvgIpc) is 2.44. The van der Waals surface area contributed by atoms with E-state index in [0.717, 1.165) is 35.5 Å². The number of benzene rings is 1. The maximum absolute atomic E-state index is 5.23. The summed E-state index contributed by atoms with van der Waals surface area (Å²) in [5.74, 6) is 2.21. The summed E-state index contributed by atoms with van der Waals surface area (Å²) in [6, 6.07) is 7.99. The average molecular weight is 260 g/mol. The highest BCUT2D eigenvalue weighted by Crippen LogP contribution is 2.25. The Kier molecular flexibility index (Phi) is 4.58. The van der Waals surface area contributed by atoms with Gasteiger partial charge in [-0.25, -0.2) is 4.98 Å². The highest BCUT2D eigenvalue weighted by atomic mass is 16.5. The molecule has 0 spiro atoms. The molecule has 0 saturated heterocycles. The topological polar surface area (TPSA) is 43.4 Å². The molecular weight excluding hydrogens is 240 g/mol. The Morgan fingerprint density at radius 1 is 1.26 bits per heavy atom. The minimum Gasteiger partial charge on any atom is -0.497 e.